The highest BCUT2D eigenvalue weighted by Crippen LogP contribution is 2.31. The molecule has 2 rings (SSSR count). The summed E-state index contributed by atoms with van der Waals surface area (Å²) in [6, 6.07) is -0.536. The van der Waals surface area contributed by atoms with Gasteiger partial charge in [0.25, 0.3) is 0 Å². The van der Waals surface area contributed by atoms with Crippen LogP contribution in [0.1, 0.15) is 25.7 Å². The number of carboxylic acid groups (broad SMARTS) is 1. The molecule has 1 saturated heterocycles. The van der Waals surface area contributed by atoms with Crippen LogP contribution < -0.4 is 10.6 Å². The molecule has 1 atom stereocenters. The molecule has 1 heterocycles. The SMILES string of the molecule is O=C(NCC1CCS(=O)(=O)C1)NC1(C(=O)O)CCC1. The summed E-state index contributed by atoms with van der Waals surface area (Å²) in [5.74, 6) is -0.826. The fourth-order valence-corrected chi connectivity index (χ4v) is 4.32. The number of nitrogens with one attached hydrogen (secondary N) is 2. The van der Waals surface area contributed by atoms with Crippen molar-refractivity contribution in [2.24, 2.45) is 5.92 Å². The van der Waals surface area contributed by atoms with Crippen molar-refractivity contribution < 1.29 is 23.1 Å². The van der Waals surface area contributed by atoms with Gasteiger partial charge in [0.05, 0.1) is 11.5 Å². The largest absolute Gasteiger partial charge is 0.480 e. The Morgan fingerprint density at radius 3 is 2.42 bits per heavy atom. The van der Waals surface area contributed by atoms with Crippen molar-refractivity contribution in [1.82, 2.24) is 10.6 Å². The predicted molar refractivity (Wildman–Crippen MR) is 67.5 cm³/mol. The molecule has 0 bridgehead atoms. The summed E-state index contributed by atoms with van der Waals surface area (Å²) in [7, 11) is -2.95. The first kappa shape index (κ1) is 14.1. The molecule has 7 nitrogen and oxygen atoms in total. The Balaban J connectivity index is 1.78. The quantitative estimate of drug-likeness (QED) is 0.659. The number of carboxylic acids is 1. The Morgan fingerprint density at radius 1 is 1.32 bits per heavy atom. The van der Waals surface area contributed by atoms with Crippen molar-refractivity contribution in [3.8, 4) is 0 Å². The van der Waals surface area contributed by atoms with Crippen molar-refractivity contribution in [1.29, 1.82) is 0 Å². The molecule has 1 aliphatic carbocycles. The molecule has 0 spiro atoms. The molecule has 0 aromatic rings. The summed E-state index contributed by atoms with van der Waals surface area (Å²) in [4.78, 5) is 22.7. The standard InChI is InChI=1S/C11H18N2O5S/c14-9(15)11(3-1-4-11)13-10(16)12-6-8-2-5-19(17,18)7-8/h8H,1-7H2,(H,14,15)(H2,12,13,16). The molecule has 1 aliphatic heterocycles. The van der Waals surface area contributed by atoms with E-state index in [1.165, 1.54) is 0 Å². The third kappa shape index (κ3) is 3.17. The second-order valence-electron chi connectivity index (χ2n) is 5.34. The Morgan fingerprint density at radius 2 is 2.00 bits per heavy atom. The fourth-order valence-electron chi connectivity index (χ4n) is 2.45. The zero-order valence-electron chi connectivity index (χ0n) is 10.5. The lowest BCUT2D eigenvalue weighted by atomic mass is 9.77. The normalized spacial score (nSPS) is 27.3. The molecule has 19 heavy (non-hydrogen) atoms. The molecule has 2 aliphatic rings. The van der Waals surface area contributed by atoms with Gasteiger partial charge in [-0.2, -0.15) is 0 Å². The van der Waals surface area contributed by atoms with Gasteiger partial charge in [0.15, 0.2) is 9.84 Å². The summed E-state index contributed by atoms with van der Waals surface area (Å²) >= 11 is 0. The van der Waals surface area contributed by atoms with Crippen molar-refractivity contribution in [2.75, 3.05) is 18.1 Å². The van der Waals surface area contributed by atoms with Crippen molar-refractivity contribution in [3.05, 3.63) is 0 Å². The molecule has 8 heteroatoms. The van der Waals surface area contributed by atoms with Gasteiger partial charge >= 0.3 is 12.0 Å². The molecule has 1 unspecified atom stereocenters. The Kier molecular flexibility index (Phi) is 3.71. The zero-order chi connectivity index (χ0) is 14.1. The Bertz CT molecular complexity index is 483. The lowest BCUT2D eigenvalue weighted by Gasteiger charge is -2.38. The minimum absolute atomic E-state index is 0.0714. The smallest absolute Gasteiger partial charge is 0.329 e. The van der Waals surface area contributed by atoms with Crippen LogP contribution in [-0.4, -0.2) is 49.1 Å². The van der Waals surface area contributed by atoms with E-state index in [0.717, 1.165) is 6.42 Å². The van der Waals surface area contributed by atoms with Gasteiger partial charge in [-0.25, -0.2) is 18.0 Å². The number of amides is 2. The van der Waals surface area contributed by atoms with E-state index in [0.29, 0.717) is 19.3 Å². The van der Waals surface area contributed by atoms with E-state index >= 15 is 0 Å². The summed E-state index contributed by atoms with van der Waals surface area (Å²) < 4.78 is 22.5. The van der Waals surface area contributed by atoms with Crippen molar-refractivity contribution in [3.63, 3.8) is 0 Å². The number of aliphatic carboxylic acids is 1. The van der Waals surface area contributed by atoms with Crippen LogP contribution in [0, 0.1) is 5.92 Å². The summed E-state index contributed by atoms with van der Waals surface area (Å²) in [6.07, 6.45) is 2.21. The van der Waals surface area contributed by atoms with Crippen LogP contribution in [0.25, 0.3) is 0 Å². The maximum Gasteiger partial charge on any atom is 0.329 e. The van der Waals surface area contributed by atoms with Crippen LogP contribution in [0.5, 0.6) is 0 Å². The molecule has 0 aromatic carbocycles. The molecule has 1 saturated carbocycles. The first-order chi connectivity index (χ1) is 8.83. The second kappa shape index (κ2) is 4.99. The summed E-state index contributed by atoms with van der Waals surface area (Å²) in [5, 5.41) is 14.1. The molecule has 0 radical (unpaired) electrons. The van der Waals surface area contributed by atoms with Crippen LogP contribution in [0.4, 0.5) is 4.79 Å². The van der Waals surface area contributed by atoms with Crippen LogP contribution in [-0.2, 0) is 14.6 Å². The first-order valence-corrected chi connectivity index (χ1v) is 8.15. The lowest BCUT2D eigenvalue weighted by molar-refractivity contribution is -0.148. The fraction of sp³-hybridized carbons (Fsp3) is 0.818. The summed E-state index contributed by atoms with van der Waals surface area (Å²) in [5.41, 5.74) is -1.13. The van der Waals surface area contributed by atoms with E-state index in [2.05, 4.69) is 10.6 Å². The minimum atomic E-state index is -2.95. The van der Waals surface area contributed by atoms with Crippen LogP contribution in [0.3, 0.4) is 0 Å². The highest BCUT2D eigenvalue weighted by molar-refractivity contribution is 7.91. The predicted octanol–water partition coefficient (Wildman–Crippen LogP) is -0.272. The van der Waals surface area contributed by atoms with Gasteiger partial charge in [-0.05, 0) is 31.6 Å². The van der Waals surface area contributed by atoms with Gasteiger partial charge in [0, 0.05) is 6.54 Å². The Labute approximate surface area is 111 Å². The van der Waals surface area contributed by atoms with E-state index in [1.807, 2.05) is 0 Å². The van der Waals surface area contributed by atoms with E-state index in [1.54, 1.807) is 0 Å². The topological polar surface area (TPSA) is 113 Å². The maximum atomic E-state index is 11.6. The highest BCUT2D eigenvalue weighted by Gasteiger charge is 2.45. The Hall–Kier alpha value is -1.31. The van der Waals surface area contributed by atoms with Gasteiger partial charge in [-0.1, -0.05) is 0 Å². The molecule has 2 fully saturated rings. The number of carbonyl (C=O) groups is 2. The van der Waals surface area contributed by atoms with Crippen molar-refractivity contribution in [2.45, 2.75) is 31.2 Å². The highest BCUT2D eigenvalue weighted by atomic mass is 32.2. The number of urea groups is 1. The molecule has 3 N–H and O–H groups in total. The first-order valence-electron chi connectivity index (χ1n) is 6.33. The third-order valence-corrected chi connectivity index (χ3v) is 5.68. The average Bonchev–Trinajstić information content (AvgIpc) is 2.60. The van der Waals surface area contributed by atoms with Gasteiger partial charge in [-0.3, -0.25) is 0 Å². The zero-order valence-corrected chi connectivity index (χ0v) is 11.3. The van der Waals surface area contributed by atoms with Gasteiger partial charge in [0.2, 0.25) is 0 Å². The lowest BCUT2D eigenvalue weighted by Crippen LogP contribution is -2.61. The van der Waals surface area contributed by atoms with E-state index < -0.39 is 27.4 Å². The number of rotatable bonds is 4. The number of carbonyl (C=O) groups excluding carboxylic acids is 1. The van der Waals surface area contributed by atoms with Gasteiger partial charge in [-0.15, -0.1) is 0 Å². The van der Waals surface area contributed by atoms with Crippen LogP contribution in [0.15, 0.2) is 0 Å². The van der Waals surface area contributed by atoms with E-state index in [-0.39, 0.29) is 24.0 Å². The average molecular weight is 290 g/mol. The number of hydrogen-bond acceptors (Lipinski definition) is 4. The number of hydrogen-bond donors (Lipinski definition) is 3. The third-order valence-electron chi connectivity index (χ3n) is 3.85. The second-order valence-corrected chi connectivity index (χ2v) is 7.57. The molecule has 2 amide bonds. The van der Waals surface area contributed by atoms with E-state index in [9.17, 15) is 18.0 Å². The maximum absolute atomic E-state index is 11.6. The van der Waals surface area contributed by atoms with Gasteiger partial charge < -0.3 is 15.7 Å². The molecular weight excluding hydrogens is 272 g/mol. The molecule has 108 valence electrons. The number of sulfone groups is 1. The van der Waals surface area contributed by atoms with Crippen LogP contribution in [0.2, 0.25) is 0 Å². The van der Waals surface area contributed by atoms with Gasteiger partial charge in [0.1, 0.15) is 5.54 Å². The monoisotopic (exact) mass is 290 g/mol. The molecular formula is C11H18N2O5S. The minimum Gasteiger partial charge on any atom is -0.480 e. The summed E-state index contributed by atoms with van der Waals surface area (Å²) in [6.45, 7) is 0.265. The van der Waals surface area contributed by atoms with Crippen molar-refractivity contribution >= 4 is 21.8 Å². The van der Waals surface area contributed by atoms with E-state index in [4.69, 9.17) is 5.11 Å². The van der Waals surface area contributed by atoms with Crippen LogP contribution >= 0.6 is 0 Å². The molecule has 0 aromatic heterocycles.